The quantitative estimate of drug-likeness (QED) is 0.910. The fraction of sp³-hybridized carbons (Fsp3) is 0.429. The highest BCUT2D eigenvalue weighted by Crippen LogP contribution is 2.35. The molecule has 1 unspecified atom stereocenters. The van der Waals surface area contributed by atoms with Crippen LogP contribution in [0, 0.1) is 0 Å². The van der Waals surface area contributed by atoms with Gasteiger partial charge in [0.05, 0.1) is 0 Å². The highest BCUT2D eigenvalue weighted by Gasteiger charge is 2.22. The van der Waals surface area contributed by atoms with Crippen molar-refractivity contribution in [1.29, 1.82) is 0 Å². The van der Waals surface area contributed by atoms with Gasteiger partial charge in [0, 0.05) is 12.5 Å². The largest absolute Gasteiger partial charge is 0.485 e. The van der Waals surface area contributed by atoms with Crippen LogP contribution in [0.2, 0.25) is 0 Å². The molecule has 0 radical (unpaired) electrons. The monoisotopic (exact) mass is 259 g/mol. The van der Waals surface area contributed by atoms with Crippen molar-refractivity contribution in [3.8, 4) is 5.75 Å². The van der Waals surface area contributed by atoms with Gasteiger partial charge in [-0.1, -0.05) is 24.2 Å². The molecular weight excluding hydrogens is 242 g/mol. The number of aromatic nitrogens is 2. The van der Waals surface area contributed by atoms with Gasteiger partial charge in [-0.25, -0.2) is 0 Å². The Morgan fingerprint density at radius 1 is 1.47 bits per heavy atom. The molecule has 1 aliphatic rings. The summed E-state index contributed by atoms with van der Waals surface area (Å²) in [4.78, 5) is 4.22. The summed E-state index contributed by atoms with van der Waals surface area (Å²) >= 11 is 0. The molecule has 0 spiro atoms. The summed E-state index contributed by atoms with van der Waals surface area (Å²) in [6.07, 6.45) is 2.69. The second kappa shape index (κ2) is 5.01. The third kappa shape index (κ3) is 2.33. The number of aryl methyl sites for hydroxylation is 1. The molecule has 1 aromatic carbocycles. The molecule has 0 saturated carbocycles. The summed E-state index contributed by atoms with van der Waals surface area (Å²) in [7, 11) is 0. The lowest BCUT2D eigenvalue weighted by Crippen LogP contribution is -2.05. The Bertz CT molecular complexity index is 580. The first-order chi connectivity index (χ1) is 9.28. The molecule has 0 aliphatic heterocycles. The van der Waals surface area contributed by atoms with E-state index in [1.54, 1.807) is 0 Å². The van der Waals surface area contributed by atoms with Crippen LogP contribution in [-0.2, 0) is 19.4 Å². The smallest absolute Gasteiger partial charge is 0.226 e. The summed E-state index contributed by atoms with van der Waals surface area (Å²) < 4.78 is 10.9. The van der Waals surface area contributed by atoms with E-state index in [0.29, 0.717) is 18.3 Å². The fourth-order valence-electron chi connectivity index (χ4n) is 2.42. The predicted octanol–water partition coefficient (Wildman–Crippen LogP) is 2.16. The van der Waals surface area contributed by atoms with Crippen LogP contribution in [0.5, 0.6) is 5.75 Å². The van der Waals surface area contributed by atoms with E-state index in [1.807, 2.05) is 19.1 Å². The van der Waals surface area contributed by atoms with Crippen molar-refractivity contribution >= 4 is 0 Å². The van der Waals surface area contributed by atoms with Crippen LogP contribution >= 0.6 is 0 Å². The van der Waals surface area contributed by atoms with Crippen LogP contribution in [0.25, 0.3) is 0 Å². The lowest BCUT2D eigenvalue weighted by atomic mass is 10.1. The first-order valence-corrected chi connectivity index (χ1v) is 6.59. The minimum atomic E-state index is 0.135. The minimum Gasteiger partial charge on any atom is -0.485 e. The maximum Gasteiger partial charge on any atom is 0.226 e. The van der Waals surface area contributed by atoms with Crippen molar-refractivity contribution in [2.75, 3.05) is 0 Å². The Kier molecular flexibility index (Phi) is 3.21. The molecule has 1 atom stereocenters. The van der Waals surface area contributed by atoms with Crippen LogP contribution in [-0.4, -0.2) is 10.1 Å². The van der Waals surface area contributed by atoms with Gasteiger partial charge in [0.2, 0.25) is 11.7 Å². The van der Waals surface area contributed by atoms with Crippen molar-refractivity contribution in [3.63, 3.8) is 0 Å². The van der Waals surface area contributed by atoms with Gasteiger partial charge < -0.3 is 15.0 Å². The van der Waals surface area contributed by atoms with Gasteiger partial charge in [0.15, 0.2) is 6.61 Å². The molecule has 0 bridgehead atoms. The van der Waals surface area contributed by atoms with E-state index in [9.17, 15) is 0 Å². The molecule has 1 aliphatic carbocycles. The third-order valence-electron chi connectivity index (χ3n) is 3.44. The summed E-state index contributed by atoms with van der Waals surface area (Å²) in [6.45, 7) is 2.30. The maximum absolute atomic E-state index is 6.05. The zero-order chi connectivity index (χ0) is 13.2. The number of fused-ring (bicyclic) bond motifs is 1. The summed E-state index contributed by atoms with van der Waals surface area (Å²) in [6, 6.07) is 6.16. The average Bonchev–Trinajstić information content (AvgIpc) is 3.04. The summed E-state index contributed by atoms with van der Waals surface area (Å²) in [5, 5.41) is 3.87. The SMILES string of the molecule is CCc1nc(COc2cccc3c2CCC3N)no1. The second-order valence-corrected chi connectivity index (χ2v) is 4.72. The Morgan fingerprint density at radius 3 is 3.16 bits per heavy atom. The molecule has 0 fully saturated rings. The van der Waals surface area contributed by atoms with Gasteiger partial charge in [-0.2, -0.15) is 4.98 Å². The van der Waals surface area contributed by atoms with Crippen LogP contribution in [0.4, 0.5) is 0 Å². The van der Waals surface area contributed by atoms with Crippen molar-refractivity contribution in [2.45, 2.75) is 38.8 Å². The van der Waals surface area contributed by atoms with Crippen LogP contribution in [0.1, 0.15) is 42.2 Å². The maximum atomic E-state index is 6.05. The molecule has 100 valence electrons. The number of ether oxygens (including phenoxy) is 1. The Morgan fingerprint density at radius 2 is 2.37 bits per heavy atom. The molecule has 0 saturated heterocycles. The molecule has 2 N–H and O–H groups in total. The van der Waals surface area contributed by atoms with Crippen LogP contribution in [0.15, 0.2) is 22.7 Å². The molecule has 2 aromatic rings. The van der Waals surface area contributed by atoms with Crippen molar-refractivity contribution in [2.24, 2.45) is 5.73 Å². The minimum absolute atomic E-state index is 0.135. The highest BCUT2D eigenvalue weighted by atomic mass is 16.5. The lowest BCUT2D eigenvalue weighted by molar-refractivity contribution is 0.283. The van der Waals surface area contributed by atoms with Crippen LogP contribution in [0.3, 0.4) is 0 Å². The van der Waals surface area contributed by atoms with Gasteiger partial charge in [-0.3, -0.25) is 0 Å². The molecular formula is C14H17N3O2. The van der Waals surface area contributed by atoms with E-state index in [4.69, 9.17) is 15.0 Å². The summed E-state index contributed by atoms with van der Waals surface area (Å²) in [5.41, 5.74) is 8.46. The van der Waals surface area contributed by atoms with E-state index in [0.717, 1.165) is 25.0 Å². The van der Waals surface area contributed by atoms with Crippen molar-refractivity contribution < 1.29 is 9.26 Å². The number of nitrogens with zero attached hydrogens (tertiary/aromatic N) is 2. The third-order valence-corrected chi connectivity index (χ3v) is 3.44. The molecule has 0 amide bonds. The normalized spacial score (nSPS) is 17.5. The second-order valence-electron chi connectivity index (χ2n) is 4.72. The number of hydrogen-bond donors (Lipinski definition) is 1. The first-order valence-electron chi connectivity index (χ1n) is 6.59. The molecule has 3 rings (SSSR count). The Hall–Kier alpha value is -1.88. The molecule has 5 nitrogen and oxygen atoms in total. The van der Waals surface area contributed by atoms with Gasteiger partial charge in [-0.05, 0) is 30.0 Å². The first kappa shape index (κ1) is 12.2. The van der Waals surface area contributed by atoms with Gasteiger partial charge in [0.25, 0.3) is 0 Å². The highest BCUT2D eigenvalue weighted by molar-refractivity contribution is 5.44. The number of benzene rings is 1. The van der Waals surface area contributed by atoms with Gasteiger partial charge in [-0.15, -0.1) is 0 Å². The predicted molar refractivity (Wildman–Crippen MR) is 69.7 cm³/mol. The van der Waals surface area contributed by atoms with Crippen LogP contribution < -0.4 is 10.5 Å². The molecule has 1 aromatic heterocycles. The van der Waals surface area contributed by atoms with E-state index < -0.39 is 0 Å². The number of nitrogens with two attached hydrogens (primary N) is 1. The van der Waals surface area contributed by atoms with Gasteiger partial charge in [0.1, 0.15) is 5.75 Å². The molecule has 1 heterocycles. The molecule has 19 heavy (non-hydrogen) atoms. The van der Waals surface area contributed by atoms with Crippen molar-refractivity contribution in [3.05, 3.63) is 41.0 Å². The standard InChI is InChI=1S/C14H17N3O2/c1-2-14-16-13(17-19-14)8-18-12-5-3-4-9-10(12)6-7-11(9)15/h3-5,11H,2,6-8,15H2,1H3. The summed E-state index contributed by atoms with van der Waals surface area (Å²) in [5.74, 6) is 2.10. The van der Waals surface area contributed by atoms with Crippen molar-refractivity contribution in [1.82, 2.24) is 10.1 Å². The average molecular weight is 259 g/mol. The zero-order valence-electron chi connectivity index (χ0n) is 10.9. The molecule has 5 heteroatoms. The van der Waals surface area contributed by atoms with E-state index in [2.05, 4.69) is 16.2 Å². The van der Waals surface area contributed by atoms with E-state index in [-0.39, 0.29) is 6.04 Å². The Labute approximate surface area is 111 Å². The van der Waals surface area contributed by atoms with E-state index >= 15 is 0 Å². The lowest BCUT2D eigenvalue weighted by Gasteiger charge is -2.10. The zero-order valence-corrected chi connectivity index (χ0v) is 10.9. The number of hydrogen-bond acceptors (Lipinski definition) is 5. The topological polar surface area (TPSA) is 74.2 Å². The Balaban J connectivity index is 1.74. The fourth-order valence-corrected chi connectivity index (χ4v) is 2.42. The number of rotatable bonds is 4. The van der Waals surface area contributed by atoms with Gasteiger partial charge >= 0.3 is 0 Å². The van der Waals surface area contributed by atoms with E-state index in [1.165, 1.54) is 11.1 Å².